The highest BCUT2D eigenvalue weighted by atomic mass is 32.2. The summed E-state index contributed by atoms with van der Waals surface area (Å²) in [7, 11) is 0. The van der Waals surface area contributed by atoms with Crippen LogP contribution in [-0.4, -0.2) is 36.4 Å². The zero-order valence-corrected chi connectivity index (χ0v) is 12.3. The summed E-state index contributed by atoms with van der Waals surface area (Å²) in [6, 6.07) is 6.82. The van der Waals surface area contributed by atoms with Gasteiger partial charge in [-0.15, -0.1) is 0 Å². The molecule has 0 spiro atoms. The van der Waals surface area contributed by atoms with Crippen molar-refractivity contribution in [3.63, 3.8) is 0 Å². The van der Waals surface area contributed by atoms with Gasteiger partial charge in [0.05, 0.1) is 0 Å². The van der Waals surface area contributed by atoms with E-state index in [1.165, 1.54) is 6.07 Å². The number of aliphatic hydroxyl groups excluding tert-OH is 1. The Kier molecular flexibility index (Phi) is 8.57. The van der Waals surface area contributed by atoms with Gasteiger partial charge >= 0.3 is 6.61 Å². The number of halogens is 2. The van der Waals surface area contributed by atoms with Gasteiger partial charge < -0.3 is 15.2 Å². The Morgan fingerprint density at radius 1 is 1.35 bits per heavy atom. The van der Waals surface area contributed by atoms with E-state index in [0.29, 0.717) is 0 Å². The van der Waals surface area contributed by atoms with Gasteiger partial charge in [-0.25, -0.2) is 0 Å². The minimum Gasteiger partial charge on any atom is -0.435 e. The van der Waals surface area contributed by atoms with Crippen LogP contribution in [0.15, 0.2) is 24.3 Å². The molecule has 0 saturated heterocycles. The Bertz CT molecular complexity index is 380. The molecule has 1 rings (SSSR count). The molecule has 0 aliphatic carbocycles. The number of nitrogens with one attached hydrogen (secondary N) is 1. The number of aliphatic hydroxyl groups is 1. The summed E-state index contributed by atoms with van der Waals surface area (Å²) < 4.78 is 28.7. The maximum absolute atomic E-state index is 12.1. The first-order valence-electron chi connectivity index (χ1n) is 6.60. The van der Waals surface area contributed by atoms with Crippen LogP contribution in [0.4, 0.5) is 8.78 Å². The van der Waals surface area contributed by atoms with Gasteiger partial charge in [-0.2, -0.15) is 20.5 Å². The molecule has 0 amide bonds. The lowest BCUT2D eigenvalue weighted by Gasteiger charge is -2.15. The Morgan fingerprint density at radius 2 is 2.15 bits per heavy atom. The zero-order chi connectivity index (χ0) is 14.8. The summed E-state index contributed by atoms with van der Waals surface area (Å²) >= 11 is 1.78. The van der Waals surface area contributed by atoms with Crippen LogP contribution in [-0.2, 0) is 0 Å². The van der Waals surface area contributed by atoms with Crippen molar-refractivity contribution in [2.75, 3.05) is 24.7 Å². The predicted molar refractivity (Wildman–Crippen MR) is 78.5 cm³/mol. The molecule has 0 aromatic heterocycles. The Morgan fingerprint density at radius 3 is 2.85 bits per heavy atom. The molecule has 6 heteroatoms. The Hall–Kier alpha value is -0.850. The maximum atomic E-state index is 12.1. The van der Waals surface area contributed by atoms with E-state index in [9.17, 15) is 8.78 Å². The lowest BCUT2D eigenvalue weighted by molar-refractivity contribution is -0.0499. The summed E-state index contributed by atoms with van der Waals surface area (Å²) in [5, 5.41) is 12.0. The van der Waals surface area contributed by atoms with Crippen molar-refractivity contribution in [3.8, 4) is 5.75 Å². The quantitative estimate of drug-likeness (QED) is 0.652. The van der Waals surface area contributed by atoms with Gasteiger partial charge in [0.25, 0.3) is 0 Å². The van der Waals surface area contributed by atoms with Crippen LogP contribution in [0.2, 0.25) is 0 Å². The summed E-state index contributed by atoms with van der Waals surface area (Å²) in [5.41, 5.74) is 0.920. The first kappa shape index (κ1) is 17.2. The summed E-state index contributed by atoms with van der Waals surface area (Å²) in [5.74, 6) is 2.09. The number of rotatable bonds is 10. The minimum absolute atomic E-state index is 0.0784. The molecule has 0 fully saturated rings. The van der Waals surface area contributed by atoms with Crippen molar-refractivity contribution in [1.29, 1.82) is 0 Å². The van der Waals surface area contributed by atoms with Gasteiger partial charge in [0, 0.05) is 24.9 Å². The highest BCUT2D eigenvalue weighted by Gasteiger charge is 2.08. The van der Waals surface area contributed by atoms with Crippen molar-refractivity contribution in [1.82, 2.24) is 5.32 Å². The zero-order valence-electron chi connectivity index (χ0n) is 11.5. The van der Waals surface area contributed by atoms with E-state index in [4.69, 9.17) is 5.11 Å². The molecule has 0 aliphatic rings. The van der Waals surface area contributed by atoms with Gasteiger partial charge in [-0.1, -0.05) is 12.1 Å². The molecular weight excluding hydrogens is 284 g/mol. The molecular formula is C14H21F2NO2S. The van der Waals surface area contributed by atoms with Gasteiger partial charge in [0.15, 0.2) is 0 Å². The molecule has 1 unspecified atom stereocenters. The standard InChI is InChI=1S/C14H21F2NO2S/c1-11(17-6-9-20-8-3-7-18)12-4-2-5-13(10-12)19-14(15)16/h2,4-5,10-11,14,17-18H,3,6-9H2,1H3. The number of thioether (sulfide) groups is 1. The van der Waals surface area contributed by atoms with Crippen LogP contribution in [0.1, 0.15) is 24.9 Å². The molecule has 0 aliphatic heterocycles. The molecule has 1 atom stereocenters. The SMILES string of the molecule is CC(NCCSCCCO)c1cccc(OC(F)F)c1. The molecule has 0 bridgehead atoms. The Balaban J connectivity index is 2.33. The van der Waals surface area contributed by atoms with Crippen molar-refractivity contribution in [2.45, 2.75) is 26.0 Å². The van der Waals surface area contributed by atoms with Gasteiger partial charge in [-0.05, 0) is 36.8 Å². The van der Waals surface area contributed by atoms with Crippen molar-refractivity contribution >= 4 is 11.8 Å². The van der Waals surface area contributed by atoms with Crippen LogP contribution in [0.25, 0.3) is 0 Å². The van der Waals surface area contributed by atoms with E-state index >= 15 is 0 Å². The maximum Gasteiger partial charge on any atom is 0.387 e. The van der Waals surface area contributed by atoms with E-state index in [-0.39, 0.29) is 18.4 Å². The van der Waals surface area contributed by atoms with Gasteiger partial charge in [-0.3, -0.25) is 0 Å². The number of ether oxygens (including phenoxy) is 1. The molecule has 0 heterocycles. The smallest absolute Gasteiger partial charge is 0.387 e. The average Bonchev–Trinajstić information content (AvgIpc) is 2.42. The second kappa shape index (κ2) is 9.96. The summed E-state index contributed by atoms with van der Waals surface area (Å²) in [6.45, 7) is 0.251. The second-order valence-electron chi connectivity index (χ2n) is 4.32. The molecule has 3 nitrogen and oxygen atoms in total. The average molecular weight is 305 g/mol. The first-order valence-corrected chi connectivity index (χ1v) is 7.75. The number of alkyl halides is 2. The van der Waals surface area contributed by atoms with E-state index < -0.39 is 6.61 Å². The van der Waals surface area contributed by atoms with Crippen LogP contribution >= 0.6 is 11.8 Å². The fraction of sp³-hybridized carbons (Fsp3) is 0.571. The van der Waals surface area contributed by atoms with E-state index in [1.54, 1.807) is 23.9 Å². The fourth-order valence-electron chi connectivity index (χ4n) is 1.69. The molecule has 0 saturated carbocycles. The normalized spacial score (nSPS) is 12.7. The summed E-state index contributed by atoms with van der Waals surface area (Å²) in [4.78, 5) is 0. The van der Waals surface area contributed by atoms with E-state index in [1.807, 2.05) is 13.0 Å². The molecule has 1 aromatic rings. The predicted octanol–water partition coefficient (Wildman–Crippen LogP) is 3.05. The van der Waals surface area contributed by atoms with Crippen LogP contribution in [0.5, 0.6) is 5.75 Å². The van der Waals surface area contributed by atoms with Crippen LogP contribution < -0.4 is 10.1 Å². The van der Waals surface area contributed by atoms with Crippen molar-refractivity contribution in [2.24, 2.45) is 0 Å². The highest BCUT2D eigenvalue weighted by molar-refractivity contribution is 7.99. The molecule has 0 radical (unpaired) electrons. The van der Waals surface area contributed by atoms with Crippen LogP contribution in [0, 0.1) is 0 Å². The largest absolute Gasteiger partial charge is 0.435 e. The third-order valence-corrected chi connectivity index (χ3v) is 3.80. The highest BCUT2D eigenvalue weighted by Crippen LogP contribution is 2.20. The number of hydrogen-bond donors (Lipinski definition) is 2. The Labute approximate surface area is 122 Å². The minimum atomic E-state index is -2.79. The first-order chi connectivity index (χ1) is 9.63. The monoisotopic (exact) mass is 305 g/mol. The van der Waals surface area contributed by atoms with Crippen LogP contribution in [0.3, 0.4) is 0 Å². The second-order valence-corrected chi connectivity index (χ2v) is 5.54. The van der Waals surface area contributed by atoms with Crippen molar-refractivity contribution < 1.29 is 18.6 Å². The molecule has 114 valence electrons. The fourth-order valence-corrected chi connectivity index (χ4v) is 2.49. The molecule has 20 heavy (non-hydrogen) atoms. The lowest BCUT2D eigenvalue weighted by Crippen LogP contribution is -2.21. The third kappa shape index (κ3) is 7.07. The number of hydrogen-bond acceptors (Lipinski definition) is 4. The third-order valence-electron chi connectivity index (χ3n) is 2.73. The lowest BCUT2D eigenvalue weighted by atomic mass is 10.1. The van der Waals surface area contributed by atoms with Gasteiger partial charge in [0.1, 0.15) is 5.75 Å². The van der Waals surface area contributed by atoms with Crippen molar-refractivity contribution in [3.05, 3.63) is 29.8 Å². The topological polar surface area (TPSA) is 41.5 Å². The summed E-state index contributed by atoms with van der Waals surface area (Å²) in [6.07, 6.45) is 0.813. The molecule has 1 aromatic carbocycles. The van der Waals surface area contributed by atoms with E-state index in [2.05, 4.69) is 10.1 Å². The number of benzene rings is 1. The van der Waals surface area contributed by atoms with E-state index in [0.717, 1.165) is 30.0 Å². The molecule has 2 N–H and O–H groups in total. The van der Waals surface area contributed by atoms with Gasteiger partial charge in [0.2, 0.25) is 0 Å².